The molecule has 0 saturated carbocycles. The highest BCUT2D eigenvalue weighted by molar-refractivity contribution is 7.99. The molecule has 162 valence electrons. The van der Waals surface area contributed by atoms with Crippen LogP contribution in [0.4, 0.5) is 0 Å². The Morgan fingerprint density at radius 2 is 1.81 bits per heavy atom. The smallest absolute Gasteiger partial charge is 0.196 e. The van der Waals surface area contributed by atoms with Crippen LogP contribution < -0.4 is 0 Å². The van der Waals surface area contributed by atoms with Crippen LogP contribution in [0.5, 0.6) is 0 Å². The van der Waals surface area contributed by atoms with Gasteiger partial charge in [0.05, 0.1) is 5.75 Å². The number of allylic oxidation sites excluding steroid dienone is 1. The van der Waals surface area contributed by atoms with Gasteiger partial charge >= 0.3 is 0 Å². The van der Waals surface area contributed by atoms with Crippen molar-refractivity contribution in [1.29, 1.82) is 0 Å². The summed E-state index contributed by atoms with van der Waals surface area (Å²) in [6.45, 7) is 8.46. The number of thioether (sulfide) groups is 1. The Morgan fingerprint density at radius 1 is 1.09 bits per heavy atom. The van der Waals surface area contributed by atoms with E-state index in [1.807, 2.05) is 85.2 Å². The van der Waals surface area contributed by atoms with E-state index in [-0.39, 0.29) is 11.5 Å². The van der Waals surface area contributed by atoms with E-state index in [0.29, 0.717) is 22.5 Å². The molecule has 0 spiro atoms. The molecule has 4 aromatic rings. The Hall–Kier alpha value is -3.09. The second-order valence-corrected chi connectivity index (χ2v) is 8.76. The Bertz CT molecular complexity index is 1260. The monoisotopic (exact) mass is 462 g/mol. The number of Topliss-reactive ketones (excluding diaryl/α,β-unsaturated/α-hetero) is 1. The number of benzene rings is 2. The Kier molecular flexibility index (Phi) is 6.63. The summed E-state index contributed by atoms with van der Waals surface area (Å²) in [5.41, 5.74) is 4.57. The van der Waals surface area contributed by atoms with E-state index in [0.717, 1.165) is 28.2 Å². The van der Waals surface area contributed by atoms with Gasteiger partial charge in [0.1, 0.15) is 0 Å². The van der Waals surface area contributed by atoms with Gasteiger partial charge in [0, 0.05) is 39.8 Å². The first kappa shape index (κ1) is 22.1. The lowest BCUT2D eigenvalue weighted by Gasteiger charge is -2.10. The second-order valence-electron chi connectivity index (χ2n) is 7.38. The third kappa shape index (κ3) is 4.42. The van der Waals surface area contributed by atoms with Gasteiger partial charge in [-0.1, -0.05) is 59.8 Å². The minimum absolute atomic E-state index is 0.0605. The molecule has 0 N–H and O–H groups in total. The molecule has 0 saturated heterocycles. The predicted octanol–water partition coefficient (Wildman–Crippen LogP) is 6.17. The molecule has 5 nitrogen and oxygen atoms in total. The topological polar surface area (TPSA) is 52.7 Å². The molecule has 0 unspecified atom stereocenters. The molecule has 0 fully saturated rings. The van der Waals surface area contributed by atoms with Crippen LogP contribution in [0.25, 0.3) is 17.1 Å². The van der Waals surface area contributed by atoms with E-state index >= 15 is 0 Å². The molecule has 32 heavy (non-hydrogen) atoms. The normalized spacial score (nSPS) is 11.0. The van der Waals surface area contributed by atoms with Crippen molar-refractivity contribution >= 4 is 29.1 Å². The van der Waals surface area contributed by atoms with E-state index in [9.17, 15) is 4.79 Å². The Balaban J connectivity index is 1.65. The molecule has 0 bridgehead atoms. The third-order valence-electron chi connectivity index (χ3n) is 5.27. The Morgan fingerprint density at radius 3 is 2.50 bits per heavy atom. The summed E-state index contributed by atoms with van der Waals surface area (Å²) in [6, 6.07) is 19.3. The van der Waals surface area contributed by atoms with Gasteiger partial charge in [-0.2, -0.15) is 0 Å². The molecule has 0 aliphatic rings. The average Bonchev–Trinajstić information content (AvgIpc) is 3.35. The zero-order chi connectivity index (χ0) is 22.7. The zero-order valence-electron chi connectivity index (χ0n) is 18.0. The SMILES string of the molecule is C=CCn1c(C)cc(C(=O)CSc2nnc(-c3ccccc3)n2-c2ccc(Cl)cc2)c1C. The summed E-state index contributed by atoms with van der Waals surface area (Å²) in [7, 11) is 0. The van der Waals surface area contributed by atoms with Crippen molar-refractivity contribution in [1.82, 2.24) is 19.3 Å². The average molecular weight is 463 g/mol. The lowest BCUT2D eigenvalue weighted by atomic mass is 10.2. The maximum atomic E-state index is 13.0. The van der Waals surface area contributed by atoms with Crippen LogP contribution in [0.15, 0.2) is 78.5 Å². The number of carbonyl (C=O) groups is 1. The van der Waals surface area contributed by atoms with Gasteiger partial charge in [0.15, 0.2) is 16.8 Å². The molecule has 7 heteroatoms. The molecular weight excluding hydrogens is 440 g/mol. The van der Waals surface area contributed by atoms with Gasteiger partial charge < -0.3 is 4.57 Å². The molecule has 2 aromatic heterocycles. The van der Waals surface area contributed by atoms with Crippen LogP contribution in [-0.2, 0) is 6.54 Å². The maximum Gasteiger partial charge on any atom is 0.196 e. The Labute approximate surface area is 196 Å². The number of ketones is 1. The van der Waals surface area contributed by atoms with Crippen LogP contribution in [0.2, 0.25) is 5.02 Å². The number of aromatic nitrogens is 4. The lowest BCUT2D eigenvalue weighted by Crippen LogP contribution is -2.07. The third-order valence-corrected chi connectivity index (χ3v) is 6.45. The number of hydrogen-bond acceptors (Lipinski definition) is 4. The van der Waals surface area contributed by atoms with E-state index in [4.69, 9.17) is 11.6 Å². The fraction of sp³-hybridized carbons (Fsp3) is 0.160. The van der Waals surface area contributed by atoms with Crippen LogP contribution in [0.3, 0.4) is 0 Å². The van der Waals surface area contributed by atoms with Crippen LogP contribution >= 0.6 is 23.4 Å². The summed E-state index contributed by atoms with van der Waals surface area (Å²) in [5.74, 6) is 1.04. The number of aryl methyl sites for hydroxylation is 1. The number of halogens is 1. The van der Waals surface area contributed by atoms with Crippen LogP contribution in [0.1, 0.15) is 21.7 Å². The van der Waals surface area contributed by atoms with E-state index in [1.165, 1.54) is 11.8 Å². The standard InChI is InChI=1S/C25H23ClN4OS/c1-4-14-29-17(2)15-22(18(29)3)23(31)16-32-25-28-27-24(19-8-6-5-7-9-19)30(25)21-12-10-20(26)11-13-21/h4-13,15H,1,14,16H2,2-3H3. The summed E-state index contributed by atoms with van der Waals surface area (Å²) in [6.07, 6.45) is 1.84. The van der Waals surface area contributed by atoms with Crippen LogP contribution in [-0.4, -0.2) is 30.9 Å². The van der Waals surface area contributed by atoms with Gasteiger partial charge in [-0.05, 0) is 44.2 Å². The highest BCUT2D eigenvalue weighted by atomic mass is 35.5. The zero-order valence-corrected chi connectivity index (χ0v) is 19.5. The van der Waals surface area contributed by atoms with Crippen molar-refractivity contribution in [3.63, 3.8) is 0 Å². The van der Waals surface area contributed by atoms with Gasteiger partial charge in [-0.25, -0.2) is 0 Å². The molecule has 4 rings (SSSR count). The van der Waals surface area contributed by atoms with E-state index in [1.54, 1.807) is 0 Å². The summed E-state index contributed by atoms with van der Waals surface area (Å²) in [4.78, 5) is 13.0. The first-order valence-electron chi connectivity index (χ1n) is 10.2. The van der Waals surface area contributed by atoms with Gasteiger partial charge in [0.25, 0.3) is 0 Å². The second kappa shape index (κ2) is 9.59. The molecule has 2 aromatic carbocycles. The summed E-state index contributed by atoms with van der Waals surface area (Å²) in [5, 5.41) is 10.1. The predicted molar refractivity (Wildman–Crippen MR) is 131 cm³/mol. The van der Waals surface area contributed by atoms with Crippen molar-refractivity contribution in [2.24, 2.45) is 0 Å². The maximum absolute atomic E-state index is 13.0. The lowest BCUT2D eigenvalue weighted by molar-refractivity contribution is 0.102. The molecule has 0 amide bonds. The van der Waals surface area contributed by atoms with Gasteiger partial charge in [-0.3, -0.25) is 9.36 Å². The van der Waals surface area contributed by atoms with Crippen molar-refractivity contribution < 1.29 is 4.79 Å². The molecule has 0 aliphatic heterocycles. The highest BCUT2D eigenvalue weighted by Gasteiger charge is 2.20. The van der Waals surface area contributed by atoms with E-state index < -0.39 is 0 Å². The molecule has 0 aliphatic carbocycles. The minimum atomic E-state index is 0.0605. The number of rotatable bonds is 8. The molecular formula is C25H23ClN4OS. The highest BCUT2D eigenvalue weighted by Crippen LogP contribution is 2.29. The van der Waals surface area contributed by atoms with Crippen LogP contribution in [0, 0.1) is 13.8 Å². The fourth-order valence-corrected chi connectivity index (χ4v) is 4.62. The van der Waals surface area contributed by atoms with Crippen molar-refractivity contribution in [3.8, 4) is 17.1 Å². The van der Waals surface area contributed by atoms with E-state index in [2.05, 4.69) is 21.3 Å². The van der Waals surface area contributed by atoms with Crippen molar-refractivity contribution in [2.45, 2.75) is 25.5 Å². The first-order chi connectivity index (χ1) is 15.5. The molecule has 2 heterocycles. The minimum Gasteiger partial charge on any atom is -0.345 e. The van der Waals surface area contributed by atoms with Crippen molar-refractivity contribution in [3.05, 3.63) is 95.3 Å². The summed E-state index contributed by atoms with van der Waals surface area (Å²) < 4.78 is 4.05. The molecule has 0 atom stereocenters. The first-order valence-corrected chi connectivity index (χ1v) is 11.6. The summed E-state index contributed by atoms with van der Waals surface area (Å²) >= 11 is 7.47. The number of nitrogens with zero attached hydrogens (tertiary/aromatic N) is 4. The van der Waals surface area contributed by atoms with Gasteiger partial charge in [-0.15, -0.1) is 16.8 Å². The number of carbonyl (C=O) groups excluding carboxylic acids is 1. The molecule has 0 radical (unpaired) electrons. The fourth-order valence-electron chi connectivity index (χ4n) is 3.66. The quantitative estimate of drug-likeness (QED) is 0.178. The van der Waals surface area contributed by atoms with Crippen molar-refractivity contribution in [2.75, 3.05) is 5.75 Å². The largest absolute Gasteiger partial charge is 0.345 e. The number of hydrogen-bond donors (Lipinski definition) is 0. The van der Waals surface area contributed by atoms with Gasteiger partial charge in [0.2, 0.25) is 0 Å².